The van der Waals surface area contributed by atoms with Gasteiger partial charge in [0.1, 0.15) is 0 Å². The van der Waals surface area contributed by atoms with Crippen LogP contribution in [-0.2, 0) is 23.1 Å². The average molecular weight is 440 g/mol. The van der Waals surface area contributed by atoms with E-state index in [-0.39, 0.29) is 4.90 Å². The Morgan fingerprint density at radius 2 is 1.80 bits per heavy atom. The summed E-state index contributed by atoms with van der Waals surface area (Å²) in [5, 5.41) is 8.35. The molecule has 0 aliphatic carbocycles. The van der Waals surface area contributed by atoms with Crippen LogP contribution in [0.5, 0.6) is 0 Å². The molecule has 0 amide bonds. The van der Waals surface area contributed by atoms with Gasteiger partial charge in [-0.25, -0.2) is 13.6 Å². The van der Waals surface area contributed by atoms with E-state index in [0.717, 1.165) is 20.4 Å². The summed E-state index contributed by atoms with van der Waals surface area (Å²) in [6, 6.07) is 8.61. The predicted molar refractivity (Wildman–Crippen MR) is 88.1 cm³/mol. The first-order valence-corrected chi connectivity index (χ1v) is 9.57. The molecule has 0 radical (unpaired) electrons. The van der Waals surface area contributed by atoms with Crippen molar-refractivity contribution in [2.45, 2.75) is 18.0 Å². The maximum absolute atomic E-state index is 11.1. The molecular weight excluding hydrogens is 428 g/mol. The molecule has 8 heteroatoms. The van der Waals surface area contributed by atoms with Crippen molar-refractivity contribution < 1.29 is 8.42 Å². The molecule has 2 rings (SSSR count). The second-order valence-electron chi connectivity index (χ2n) is 4.13. The third-order valence-electron chi connectivity index (χ3n) is 2.58. The SMILES string of the molecule is NS(=O)(=O)c1ccc(CNCc2cc(Br)c(Br)s2)cc1. The highest BCUT2D eigenvalue weighted by Gasteiger charge is 2.07. The van der Waals surface area contributed by atoms with Gasteiger partial charge in [-0.15, -0.1) is 11.3 Å². The normalized spacial score (nSPS) is 11.8. The van der Waals surface area contributed by atoms with Gasteiger partial charge in [0.2, 0.25) is 10.0 Å². The highest BCUT2D eigenvalue weighted by atomic mass is 79.9. The predicted octanol–water partition coefficient (Wildman–Crippen LogP) is 3.21. The Morgan fingerprint density at radius 3 is 2.30 bits per heavy atom. The van der Waals surface area contributed by atoms with E-state index in [1.165, 1.54) is 17.0 Å². The molecule has 108 valence electrons. The van der Waals surface area contributed by atoms with Crippen LogP contribution in [-0.4, -0.2) is 8.42 Å². The number of hydrogen-bond acceptors (Lipinski definition) is 4. The fourth-order valence-electron chi connectivity index (χ4n) is 1.61. The average Bonchev–Trinajstić information content (AvgIpc) is 2.68. The minimum absolute atomic E-state index is 0.132. The Balaban J connectivity index is 1.91. The first kappa shape index (κ1) is 16.1. The molecule has 1 aromatic carbocycles. The lowest BCUT2D eigenvalue weighted by molar-refractivity contribution is 0.597. The molecule has 20 heavy (non-hydrogen) atoms. The molecule has 0 saturated heterocycles. The molecule has 4 nitrogen and oxygen atoms in total. The molecule has 0 saturated carbocycles. The molecule has 0 atom stereocenters. The van der Waals surface area contributed by atoms with Gasteiger partial charge in [0.25, 0.3) is 0 Å². The van der Waals surface area contributed by atoms with Crippen molar-refractivity contribution in [3.8, 4) is 0 Å². The van der Waals surface area contributed by atoms with Gasteiger partial charge in [-0.3, -0.25) is 0 Å². The summed E-state index contributed by atoms with van der Waals surface area (Å²) in [5.74, 6) is 0. The Morgan fingerprint density at radius 1 is 1.15 bits per heavy atom. The number of thiophene rings is 1. The lowest BCUT2D eigenvalue weighted by Gasteiger charge is -2.04. The fourth-order valence-corrected chi connectivity index (χ4v) is 4.27. The fraction of sp³-hybridized carbons (Fsp3) is 0.167. The quantitative estimate of drug-likeness (QED) is 0.751. The van der Waals surface area contributed by atoms with Gasteiger partial charge in [0.15, 0.2) is 0 Å². The smallest absolute Gasteiger partial charge is 0.238 e. The number of benzene rings is 1. The molecule has 0 aliphatic rings. The van der Waals surface area contributed by atoms with E-state index >= 15 is 0 Å². The van der Waals surface area contributed by atoms with E-state index in [9.17, 15) is 8.42 Å². The number of nitrogens with two attached hydrogens (primary N) is 1. The molecule has 3 N–H and O–H groups in total. The van der Waals surface area contributed by atoms with Crippen molar-refractivity contribution in [2.24, 2.45) is 5.14 Å². The Labute approximate surface area is 138 Å². The van der Waals surface area contributed by atoms with Crippen LogP contribution in [0.3, 0.4) is 0 Å². The highest BCUT2D eigenvalue weighted by Crippen LogP contribution is 2.32. The monoisotopic (exact) mass is 438 g/mol. The van der Waals surface area contributed by atoms with Crippen LogP contribution >= 0.6 is 43.2 Å². The number of nitrogens with one attached hydrogen (secondary N) is 1. The Kier molecular flexibility index (Phi) is 5.38. The number of halogens is 2. The van der Waals surface area contributed by atoms with Gasteiger partial charge in [-0.1, -0.05) is 12.1 Å². The molecule has 2 aromatic rings. The summed E-state index contributed by atoms with van der Waals surface area (Å²) >= 11 is 8.57. The van der Waals surface area contributed by atoms with Gasteiger partial charge in [0, 0.05) is 22.4 Å². The zero-order chi connectivity index (χ0) is 14.8. The highest BCUT2D eigenvalue weighted by molar-refractivity contribution is 9.13. The molecule has 1 heterocycles. The zero-order valence-corrected chi connectivity index (χ0v) is 15.1. The van der Waals surface area contributed by atoms with Crippen LogP contribution in [0.4, 0.5) is 0 Å². The standard InChI is InChI=1S/C12H12Br2N2O2S2/c13-11-5-9(19-12(11)14)7-16-6-8-1-3-10(4-2-8)20(15,17)18/h1-5,16H,6-7H2,(H2,15,17,18). The van der Waals surface area contributed by atoms with Crippen LogP contribution in [0.1, 0.15) is 10.4 Å². The first-order valence-electron chi connectivity index (χ1n) is 5.62. The van der Waals surface area contributed by atoms with E-state index in [1.807, 2.05) is 0 Å². The largest absolute Gasteiger partial charge is 0.308 e. The van der Waals surface area contributed by atoms with Crippen LogP contribution in [0.15, 0.2) is 43.5 Å². The van der Waals surface area contributed by atoms with Crippen molar-refractivity contribution in [3.63, 3.8) is 0 Å². The summed E-state index contributed by atoms with van der Waals surface area (Å²) in [4.78, 5) is 1.34. The van der Waals surface area contributed by atoms with Gasteiger partial charge in [-0.2, -0.15) is 0 Å². The topological polar surface area (TPSA) is 72.2 Å². The van der Waals surface area contributed by atoms with Crippen LogP contribution in [0.2, 0.25) is 0 Å². The van der Waals surface area contributed by atoms with E-state index in [0.29, 0.717) is 6.54 Å². The van der Waals surface area contributed by atoms with Crippen molar-refractivity contribution in [2.75, 3.05) is 0 Å². The van der Waals surface area contributed by atoms with Crippen molar-refractivity contribution in [3.05, 3.63) is 49.0 Å². The van der Waals surface area contributed by atoms with Gasteiger partial charge >= 0.3 is 0 Å². The third-order valence-corrected chi connectivity index (χ3v) is 6.76. The van der Waals surface area contributed by atoms with E-state index in [2.05, 4.69) is 43.2 Å². The van der Waals surface area contributed by atoms with Gasteiger partial charge in [0.05, 0.1) is 8.68 Å². The van der Waals surface area contributed by atoms with E-state index in [4.69, 9.17) is 5.14 Å². The van der Waals surface area contributed by atoms with Crippen molar-refractivity contribution >= 4 is 53.2 Å². The molecule has 1 aromatic heterocycles. The number of rotatable bonds is 5. The summed E-state index contributed by atoms with van der Waals surface area (Å²) in [7, 11) is -3.61. The van der Waals surface area contributed by atoms with Crippen molar-refractivity contribution in [1.82, 2.24) is 5.32 Å². The summed E-state index contributed by atoms with van der Waals surface area (Å²) in [6.45, 7) is 1.42. The Bertz CT molecular complexity index is 677. The summed E-state index contributed by atoms with van der Waals surface area (Å²) in [6.07, 6.45) is 0. The molecule has 0 fully saturated rings. The molecule has 0 aliphatic heterocycles. The van der Waals surface area contributed by atoms with Gasteiger partial charge in [-0.05, 0) is 55.6 Å². The molecule has 0 bridgehead atoms. The van der Waals surface area contributed by atoms with E-state index < -0.39 is 10.0 Å². The third kappa shape index (κ3) is 4.37. The summed E-state index contributed by atoms with van der Waals surface area (Å²) in [5.41, 5.74) is 1.01. The minimum atomic E-state index is -3.61. The second kappa shape index (κ2) is 6.67. The van der Waals surface area contributed by atoms with E-state index in [1.54, 1.807) is 23.5 Å². The Hall–Kier alpha value is -0.250. The maximum Gasteiger partial charge on any atom is 0.238 e. The van der Waals surface area contributed by atoms with Crippen molar-refractivity contribution in [1.29, 1.82) is 0 Å². The van der Waals surface area contributed by atoms with Gasteiger partial charge < -0.3 is 5.32 Å². The summed E-state index contributed by atoms with van der Waals surface area (Å²) < 4.78 is 24.4. The molecule has 0 unspecified atom stereocenters. The molecular formula is C12H12Br2N2O2S2. The lowest BCUT2D eigenvalue weighted by atomic mass is 10.2. The van der Waals surface area contributed by atoms with Crippen LogP contribution in [0.25, 0.3) is 0 Å². The number of sulfonamides is 1. The maximum atomic E-state index is 11.1. The lowest BCUT2D eigenvalue weighted by Crippen LogP contribution is -2.13. The van der Waals surface area contributed by atoms with Crippen LogP contribution < -0.4 is 10.5 Å². The first-order chi connectivity index (χ1) is 9.36. The second-order valence-corrected chi connectivity index (χ2v) is 9.00. The van der Waals surface area contributed by atoms with Crippen LogP contribution in [0, 0.1) is 0 Å². The molecule has 0 spiro atoms. The minimum Gasteiger partial charge on any atom is -0.308 e. The number of hydrogen-bond donors (Lipinski definition) is 2. The zero-order valence-electron chi connectivity index (χ0n) is 10.3. The number of primary sulfonamides is 1.